The number of allylic oxidation sites excluding steroid dienone is 1. The van der Waals surface area contributed by atoms with Crippen molar-refractivity contribution >= 4 is 17.0 Å². The summed E-state index contributed by atoms with van der Waals surface area (Å²) in [4.78, 5) is 3.41. The third-order valence-electron chi connectivity index (χ3n) is 2.59. The maximum atomic E-state index is 3.41. The number of aryl methyl sites for hydroxylation is 2. The van der Waals surface area contributed by atoms with Crippen LogP contribution in [0.3, 0.4) is 0 Å². The quantitative estimate of drug-likeness (QED) is 0.695. The Balaban J connectivity index is 2.74. The van der Waals surface area contributed by atoms with Crippen LogP contribution < -0.4 is 0 Å². The summed E-state index contributed by atoms with van der Waals surface area (Å²) in [5.74, 6) is 0. The molecule has 2 rings (SSSR count). The van der Waals surface area contributed by atoms with Gasteiger partial charge in [0.1, 0.15) is 0 Å². The molecular formula is C13H15N. The molecule has 0 saturated heterocycles. The number of hydrogen-bond acceptors (Lipinski definition) is 0. The Labute approximate surface area is 84.5 Å². The van der Waals surface area contributed by atoms with Crippen molar-refractivity contribution < 1.29 is 0 Å². The van der Waals surface area contributed by atoms with E-state index in [0.29, 0.717) is 0 Å². The van der Waals surface area contributed by atoms with Crippen molar-refractivity contribution in [3.05, 3.63) is 41.1 Å². The summed E-state index contributed by atoms with van der Waals surface area (Å²) < 4.78 is 0. The molecule has 0 unspecified atom stereocenters. The van der Waals surface area contributed by atoms with Crippen LogP contribution in [-0.2, 0) is 0 Å². The number of fused-ring (bicyclic) bond motifs is 1. The summed E-state index contributed by atoms with van der Waals surface area (Å²) in [7, 11) is 0. The zero-order chi connectivity index (χ0) is 10.1. The molecule has 0 aliphatic rings. The number of nitrogens with one attached hydrogen (secondary N) is 1. The number of hydrogen-bond donors (Lipinski definition) is 1. The average Bonchev–Trinajstić information content (AvgIpc) is 2.46. The fraction of sp³-hybridized carbons (Fsp3) is 0.231. The molecule has 2 aromatic rings. The molecule has 0 bridgehead atoms. The van der Waals surface area contributed by atoms with E-state index in [0.717, 1.165) is 0 Å². The summed E-state index contributed by atoms with van der Waals surface area (Å²) in [5.41, 5.74) is 5.09. The molecular weight excluding hydrogens is 170 g/mol. The molecule has 0 aliphatic heterocycles. The SMILES string of the molecule is C/C=C\c1[nH]c2ccc(C)cc2c1C. The fourth-order valence-electron chi connectivity index (χ4n) is 1.79. The molecule has 0 spiro atoms. The highest BCUT2D eigenvalue weighted by Crippen LogP contribution is 2.23. The van der Waals surface area contributed by atoms with Crippen molar-refractivity contribution in [3.63, 3.8) is 0 Å². The van der Waals surface area contributed by atoms with Crippen molar-refractivity contribution in [2.45, 2.75) is 20.8 Å². The summed E-state index contributed by atoms with van der Waals surface area (Å²) >= 11 is 0. The van der Waals surface area contributed by atoms with Crippen LogP contribution in [0.1, 0.15) is 23.7 Å². The molecule has 1 heteroatoms. The van der Waals surface area contributed by atoms with Crippen LogP contribution in [0.15, 0.2) is 24.3 Å². The lowest BCUT2D eigenvalue weighted by molar-refractivity contribution is 1.37. The molecule has 1 nitrogen and oxygen atoms in total. The monoisotopic (exact) mass is 185 g/mol. The van der Waals surface area contributed by atoms with Gasteiger partial charge in [0, 0.05) is 16.6 Å². The zero-order valence-corrected chi connectivity index (χ0v) is 8.89. The molecule has 0 amide bonds. The lowest BCUT2D eigenvalue weighted by Crippen LogP contribution is -1.73. The molecule has 0 saturated carbocycles. The van der Waals surface area contributed by atoms with E-state index in [4.69, 9.17) is 0 Å². The number of benzene rings is 1. The maximum Gasteiger partial charge on any atom is 0.0461 e. The van der Waals surface area contributed by atoms with E-state index in [9.17, 15) is 0 Å². The Morgan fingerprint density at radius 1 is 1.21 bits per heavy atom. The standard InChI is InChI=1S/C13H15N/c1-4-5-12-10(3)11-8-9(2)6-7-13(11)14-12/h4-8,14H,1-3H3/b5-4-. The van der Waals surface area contributed by atoms with E-state index in [1.807, 2.05) is 6.92 Å². The molecule has 14 heavy (non-hydrogen) atoms. The molecule has 0 fully saturated rings. The lowest BCUT2D eigenvalue weighted by Gasteiger charge is -1.93. The molecule has 72 valence electrons. The van der Waals surface area contributed by atoms with Gasteiger partial charge in [-0.1, -0.05) is 17.7 Å². The first-order valence-electron chi connectivity index (χ1n) is 4.94. The minimum Gasteiger partial charge on any atom is -0.355 e. The zero-order valence-electron chi connectivity index (χ0n) is 8.89. The van der Waals surface area contributed by atoms with Gasteiger partial charge in [-0.15, -0.1) is 0 Å². The van der Waals surface area contributed by atoms with E-state index in [1.54, 1.807) is 0 Å². The minimum absolute atomic E-state index is 1.22. The first kappa shape index (κ1) is 9.07. The third-order valence-corrected chi connectivity index (χ3v) is 2.59. The third kappa shape index (κ3) is 1.35. The smallest absolute Gasteiger partial charge is 0.0461 e. The highest BCUT2D eigenvalue weighted by Gasteiger charge is 2.04. The number of rotatable bonds is 1. The van der Waals surface area contributed by atoms with Crippen LogP contribution >= 0.6 is 0 Å². The summed E-state index contributed by atoms with van der Waals surface area (Å²) in [6.07, 6.45) is 4.18. The predicted octanol–water partition coefficient (Wildman–Crippen LogP) is 3.82. The van der Waals surface area contributed by atoms with Gasteiger partial charge in [0.05, 0.1) is 0 Å². The van der Waals surface area contributed by atoms with Crippen LogP contribution in [0.5, 0.6) is 0 Å². The number of aromatic nitrogens is 1. The largest absolute Gasteiger partial charge is 0.355 e. The van der Waals surface area contributed by atoms with Gasteiger partial charge in [0.15, 0.2) is 0 Å². The van der Waals surface area contributed by atoms with Gasteiger partial charge in [-0.2, -0.15) is 0 Å². The van der Waals surface area contributed by atoms with E-state index in [2.05, 4.69) is 49.2 Å². The molecule has 0 aliphatic carbocycles. The number of H-pyrrole nitrogens is 1. The van der Waals surface area contributed by atoms with Crippen LogP contribution in [0.4, 0.5) is 0 Å². The predicted molar refractivity (Wildman–Crippen MR) is 62.5 cm³/mol. The van der Waals surface area contributed by atoms with Crippen molar-refractivity contribution in [2.24, 2.45) is 0 Å². The molecule has 1 aromatic heterocycles. The first-order chi connectivity index (χ1) is 6.72. The van der Waals surface area contributed by atoms with Crippen LogP contribution in [-0.4, -0.2) is 4.98 Å². The Hall–Kier alpha value is -1.50. The van der Waals surface area contributed by atoms with E-state index in [-0.39, 0.29) is 0 Å². The Kier molecular flexibility index (Phi) is 2.16. The molecule has 0 atom stereocenters. The second-order valence-electron chi connectivity index (χ2n) is 3.71. The Morgan fingerprint density at radius 3 is 2.71 bits per heavy atom. The maximum absolute atomic E-state index is 3.41. The van der Waals surface area contributed by atoms with Gasteiger partial charge in [-0.3, -0.25) is 0 Å². The summed E-state index contributed by atoms with van der Waals surface area (Å²) in [5, 5.41) is 1.33. The lowest BCUT2D eigenvalue weighted by atomic mass is 10.1. The van der Waals surface area contributed by atoms with Gasteiger partial charge in [0.25, 0.3) is 0 Å². The van der Waals surface area contributed by atoms with Crippen molar-refractivity contribution in [1.29, 1.82) is 0 Å². The molecule has 0 radical (unpaired) electrons. The normalized spacial score (nSPS) is 11.6. The van der Waals surface area contributed by atoms with Crippen molar-refractivity contribution in [3.8, 4) is 0 Å². The van der Waals surface area contributed by atoms with Gasteiger partial charge >= 0.3 is 0 Å². The minimum atomic E-state index is 1.22. The second kappa shape index (κ2) is 3.33. The highest BCUT2D eigenvalue weighted by atomic mass is 14.7. The topological polar surface area (TPSA) is 15.8 Å². The highest BCUT2D eigenvalue weighted by molar-refractivity contribution is 5.87. The first-order valence-corrected chi connectivity index (χ1v) is 4.94. The van der Waals surface area contributed by atoms with E-state index in [1.165, 1.54) is 27.7 Å². The number of aromatic amines is 1. The van der Waals surface area contributed by atoms with Gasteiger partial charge < -0.3 is 4.98 Å². The van der Waals surface area contributed by atoms with Crippen LogP contribution in [0, 0.1) is 13.8 Å². The van der Waals surface area contributed by atoms with Gasteiger partial charge in [0.2, 0.25) is 0 Å². The Bertz CT molecular complexity index is 489. The second-order valence-corrected chi connectivity index (χ2v) is 3.71. The average molecular weight is 185 g/mol. The summed E-state index contributed by atoms with van der Waals surface area (Å²) in [6.45, 7) is 6.32. The van der Waals surface area contributed by atoms with Gasteiger partial charge in [-0.25, -0.2) is 0 Å². The van der Waals surface area contributed by atoms with Crippen LogP contribution in [0.2, 0.25) is 0 Å². The van der Waals surface area contributed by atoms with E-state index < -0.39 is 0 Å². The van der Waals surface area contributed by atoms with Crippen LogP contribution in [0.25, 0.3) is 17.0 Å². The summed E-state index contributed by atoms with van der Waals surface area (Å²) in [6, 6.07) is 6.51. The molecule has 1 heterocycles. The van der Waals surface area contributed by atoms with Gasteiger partial charge in [-0.05, 0) is 44.5 Å². The fourth-order valence-corrected chi connectivity index (χ4v) is 1.79. The van der Waals surface area contributed by atoms with Crippen molar-refractivity contribution in [1.82, 2.24) is 4.98 Å². The van der Waals surface area contributed by atoms with E-state index >= 15 is 0 Å². The molecule has 1 aromatic carbocycles. The van der Waals surface area contributed by atoms with Crippen molar-refractivity contribution in [2.75, 3.05) is 0 Å². The molecule has 1 N–H and O–H groups in total. The Morgan fingerprint density at radius 2 is 2.00 bits per heavy atom.